The van der Waals surface area contributed by atoms with Gasteiger partial charge >= 0.3 is 0 Å². The minimum absolute atomic E-state index is 0. The van der Waals surface area contributed by atoms with Crippen molar-refractivity contribution in [3.8, 4) is 5.88 Å². The van der Waals surface area contributed by atoms with Gasteiger partial charge in [-0.1, -0.05) is 25.6 Å². The molecule has 0 aliphatic carbocycles. The molecule has 2 amide bonds. The molecule has 2 atom stereocenters. The largest absolute Gasteiger partial charge is 0.463 e. The molecule has 10 heteroatoms. The normalized spacial score (nSPS) is 19.3. The van der Waals surface area contributed by atoms with Gasteiger partial charge in [-0.3, -0.25) is 19.5 Å². The maximum Gasteiger partial charge on any atom is 0.267 e. The lowest BCUT2D eigenvalue weighted by Crippen LogP contribution is -2.42. The predicted molar refractivity (Wildman–Crippen MR) is 127 cm³/mol. The Morgan fingerprint density at radius 3 is 2.50 bits per heavy atom. The highest BCUT2D eigenvalue weighted by Crippen LogP contribution is 2.44. The summed E-state index contributed by atoms with van der Waals surface area (Å²) in [5, 5.41) is 0. The molecule has 176 valence electrons. The van der Waals surface area contributed by atoms with Gasteiger partial charge in [0.1, 0.15) is 11.5 Å². The predicted octanol–water partition coefficient (Wildman–Crippen LogP) is 3.01. The van der Waals surface area contributed by atoms with Crippen molar-refractivity contribution in [3.05, 3.63) is 71.5 Å². The fraction of sp³-hybridized carbons (Fsp3) is 0.250. The van der Waals surface area contributed by atoms with Crippen LogP contribution in [0, 0.1) is 0 Å². The molecule has 2 aliphatic rings. The van der Waals surface area contributed by atoms with E-state index in [0.717, 1.165) is 6.26 Å². The summed E-state index contributed by atoms with van der Waals surface area (Å²) >= 11 is 0. The molecule has 4 heterocycles. The van der Waals surface area contributed by atoms with Gasteiger partial charge in [-0.05, 0) is 42.3 Å². The Bertz CT molecular complexity index is 1410. The zero-order valence-electron chi connectivity index (χ0n) is 18.1. The first-order valence-corrected chi connectivity index (χ1v) is 12.1. The Kier molecular flexibility index (Phi) is 5.64. The number of likely N-dealkylation sites (N-methyl/N-ethyl adjacent to an activating group) is 1. The second-order valence-corrected chi connectivity index (χ2v) is 9.99. The summed E-state index contributed by atoms with van der Waals surface area (Å²) < 4.78 is 30.6. The van der Waals surface area contributed by atoms with Crippen LogP contribution in [0.4, 0.5) is 11.5 Å². The van der Waals surface area contributed by atoms with E-state index < -0.39 is 27.9 Å². The van der Waals surface area contributed by atoms with E-state index in [1.807, 2.05) is 6.07 Å². The lowest BCUT2D eigenvalue weighted by molar-refractivity contribution is -0.125. The molecule has 5 rings (SSSR count). The number of nitrogens with zero attached hydrogens (tertiary/aromatic N) is 4. The molecule has 1 unspecified atom stereocenters. The van der Waals surface area contributed by atoms with Gasteiger partial charge in [0, 0.05) is 25.7 Å². The highest BCUT2D eigenvalue weighted by atomic mass is 32.2. The third kappa shape index (κ3) is 3.50. The number of benzene rings is 1. The van der Waals surface area contributed by atoms with E-state index in [-0.39, 0.29) is 35.5 Å². The Morgan fingerprint density at radius 1 is 1.06 bits per heavy atom. The monoisotopic (exact) mass is 480 g/mol. The number of carbonyl (C=O) groups excluding carboxylic acids is 2. The van der Waals surface area contributed by atoms with Crippen LogP contribution in [0.15, 0.2) is 59.8 Å². The van der Waals surface area contributed by atoms with E-state index in [4.69, 9.17) is 4.74 Å². The minimum atomic E-state index is -3.66. The maximum atomic E-state index is 13.7. The number of pyridine rings is 2. The van der Waals surface area contributed by atoms with Crippen LogP contribution in [-0.4, -0.2) is 49.6 Å². The Balaban J connectivity index is 0.00000274. The fourth-order valence-electron chi connectivity index (χ4n) is 4.30. The average molecular weight is 481 g/mol. The van der Waals surface area contributed by atoms with Crippen molar-refractivity contribution in [1.29, 1.82) is 0 Å². The van der Waals surface area contributed by atoms with Crippen LogP contribution >= 0.6 is 0 Å². The Labute approximate surface area is 197 Å². The standard InChI is InChI=1S/C23H20N4O5S.CH4/c1-13-22(28)26(2)16-9-10-18(25-21(16)32-13)27-20(14-6-5-11-24-12-14)15-7-4-8-17(33(3,30)31)19(15)23(27)29;/h4-13,20H,1-3H3;1H4/t13-,20?;/m1./s1. The highest BCUT2D eigenvalue weighted by molar-refractivity contribution is 7.90. The zero-order valence-corrected chi connectivity index (χ0v) is 18.9. The van der Waals surface area contributed by atoms with Crippen LogP contribution in [0.1, 0.15) is 41.9 Å². The molecular weight excluding hydrogens is 456 g/mol. The van der Waals surface area contributed by atoms with E-state index in [0.29, 0.717) is 16.8 Å². The van der Waals surface area contributed by atoms with Crippen LogP contribution in [0.25, 0.3) is 0 Å². The summed E-state index contributed by atoms with van der Waals surface area (Å²) in [7, 11) is -2.03. The zero-order chi connectivity index (χ0) is 23.5. The quantitative estimate of drug-likeness (QED) is 0.567. The third-order valence-electron chi connectivity index (χ3n) is 5.84. The van der Waals surface area contributed by atoms with Gasteiger partial charge in [0.05, 0.1) is 16.5 Å². The number of carbonyl (C=O) groups is 2. The maximum absolute atomic E-state index is 13.7. The number of hydrogen-bond acceptors (Lipinski definition) is 7. The van der Waals surface area contributed by atoms with E-state index in [2.05, 4.69) is 9.97 Å². The van der Waals surface area contributed by atoms with Crippen LogP contribution in [0.2, 0.25) is 0 Å². The third-order valence-corrected chi connectivity index (χ3v) is 6.98. The van der Waals surface area contributed by atoms with Crippen LogP contribution in [0.3, 0.4) is 0 Å². The molecule has 0 radical (unpaired) electrons. The topological polar surface area (TPSA) is 110 Å². The second-order valence-electron chi connectivity index (χ2n) is 8.01. The van der Waals surface area contributed by atoms with Gasteiger partial charge in [-0.25, -0.2) is 8.42 Å². The van der Waals surface area contributed by atoms with Gasteiger partial charge in [-0.15, -0.1) is 0 Å². The Hall–Kier alpha value is -3.79. The molecule has 0 saturated heterocycles. The second kappa shape index (κ2) is 8.21. The van der Waals surface area contributed by atoms with Crippen molar-refractivity contribution < 1.29 is 22.7 Å². The first-order chi connectivity index (χ1) is 15.7. The molecule has 2 aromatic heterocycles. The van der Waals surface area contributed by atoms with Crippen LogP contribution in [-0.2, 0) is 14.6 Å². The lowest BCUT2D eigenvalue weighted by atomic mass is 9.99. The smallest absolute Gasteiger partial charge is 0.267 e. The Morgan fingerprint density at radius 2 is 1.82 bits per heavy atom. The van der Waals surface area contributed by atoms with Crippen molar-refractivity contribution >= 4 is 33.2 Å². The summed E-state index contributed by atoms with van der Waals surface area (Å²) in [6.45, 7) is 1.63. The minimum Gasteiger partial charge on any atom is -0.463 e. The molecule has 2 aliphatic heterocycles. The first kappa shape index (κ1) is 23.4. The van der Waals surface area contributed by atoms with Crippen molar-refractivity contribution in [2.24, 2.45) is 0 Å². The summed E-state index contributed by atoms with van der Waals surface area (Å²) in [4.78, 5) is 37.5. The summed E-state index contributed by atoms with van der Waals surface area (Å²) in [6.07, 6.45) is 3.62. The number of ether oxygens (including phenoxy) is 1. The van der Waals surface area contributed by atoms with Gasteiger partial charge in [0.15, 0.2) is 15.9 Å². The number of hydrogen-bond donors (Lipinski definition) is 0. The fourth-order valence-corrected chi connectivity index (χ4v) is 5.20. The number of anilines is 2. The SMILES string of the molecule is C.C[C@H]1Oc2nc(N3C(=O)c4c(cccc4S(C)(=O)=O)C3c3cccnc3)ccc2N(C)C1=O. The highest BCUT2D eigenvalue weighted by Gasteiger charge is 2.43. The van der Waals surface area contributed by atoms with Crippen molar-refractivity contribution in [3.63, 3.8) is 0 Å². The van der Waals surface area contributed by atoms with Gasteiger partial charge in [0.25, 0.3) is 11.8 Å². The molecule has 34 heavy (non-hydrogen) atoms. The first-order valence-electron chi connectivity index (χ1n) is 10.2. The van der Waals surface area contributed by atoms with E-state index in [9.17, 15) is 18.0 Å². The summed E-state index contributed by atoms with van der Waals surface area (Å²) in [5.74, 6) is -0.189. The molecule has 1 aromatic carbocycles. The molecule has 0 spiro atoms. The summed E-state index contributed by atoms with van der Waals surface area (Å²) in [5.41, 5.74) is 1.86. The van der Waals surface area contributed by atoms with E-state index >= 15 is 0 Å². The number of fused-ring (bicyclic) bond motifs is 2. The molecule has 9 nitrogen and oxygen atoms in total. The van der Waals surface area contributed by atoms with Gasteiger partial charge in [0.2, 0.25) is 5.88 Å². The number of aromatic nitrogens is 2. The van der Waals surface area contributed by atoms with Gasteiger partial charge in [-0.2, -0.15) is 4.98 Å². The number of amides is 2. The molecule has 0 saturated carbocycles. The molecule has 0 fully saturated rings. The average Bonchev–Trinajstić information content (AvgIpc) is 3.09. The van der Waals surface area contributed by atoms with E-state index in [1.165, 1.54) is 15.9 Å². The van der Waals surface area contributed by atoms with Crippen LogP contribution < -0.4 is 14.5 Å². The molecule has 3 aromatic rings. The van der Waals surface area contributed by atoms with Crippen molar-refractivity contribution in [1.82, 2.24) is 9.97 Å². The van der Waals surface area contributed by atoms with Crippen LogP contribution in [0.5, 0.6) is 5.88 Å². The molecular formula is C24H24N4O5S. The molecule has 0 N–H and O–H groups in total. The number of sulfone groups is 1. The lowest BCUT2D eigenvalue weighted by Gasteiger charge is -2.31. The summed E-state index contributed by atoms with van der Waals surface area (Å²) in [6, 6.07) is 11.0. The van der Waals surface area contributed by atoms with Crippen molar-refractivity contribution in [2.45, 2.75) is 31.4 Å². The molecule has 0 bridgehead atoms. The number of rotatable bonds is 3. The van der Waals surface area contributed by atoms with E-state index in [1.54, 1.807) is 56.7 Å². The van der Waals surface area contributed by atoms with Gasteiger partial charge < -0.3 is 9.64 Å². The van der Waals surface area contributed by atoms with Crippen molar-refractivity contribution in [2.75, 3.05) is 23.1 Å².